The molecule has 0 aromatic rings. The van der Waals surface area contributed by atoms with Crippen molar-refractivity contribution >= 4 is 0 Å². The molecule has 1 N–H and O–H groups in total. The molecule has 1 aliphatic rings. The molecule has 0 saturated heterocycles. The molecule has 0 radical (unpaired) electrons. The van der Waals surface area contributed by atoms with Gasteiger partial charge in [0.2, 0.25) is 0 Å². The van der Waals surface area contributed by atoms with Crippen LogP contribution in [0, 0.1) is 23.2 Å². The highest BCUT2D eigenvalue weighted by atomic mass is 16.3. The van der Waals surface area contributed by atoms with E-state index in [0.717, 1.165) is 12.8 Å². The number of rotatable bonds is 0. The monoisotopic (exact) mass is 152 g/mol. The summed E-state index contributed by atoms with van der Waals surface area (Å²) in [5.41, 5.74) is 0.271. The lowest BCUT2D eigenvalue weighted by atomic mass is 9.76. The molecule has 0 fully saturated rings. The number of aliphatic hydroxyl groups excluding tert-OH is 1. The van der Waals surface area contributed by atoms with Crippen LogP contribution in [0.1, 0.15) is 33.6 Å². The molecule has 1 aliphatic carbocycles. The molecule has 2 atom stereocenters. The van der Waals surface area contributed by atoms with Crippen molar-refractivity contribution in [3.8, 4) is 11.8 Å². The fourth-order valence-electron chi connectivity index (χ4n) is 1.32. The Labute approximate surface area is 68.8 Å². The molecule has 0 aromatic heterocycles. The molecule has 0 amide bonds. The molecule has 0 spiro atoms. The van der Waals surface area contributed by atoms with E-state index < -0.39 is 0 Å². The minimum atomic E-state index is -0.367. The Bertz CT molecular complexity index is 189. The van der Waals surface area contributed by atoms with Crippen molar-refractivity contribution in [1.82, 2.24) is 0 Å². The van der Waals surface area contributed by atoms with Gasteiger partial charge in [-0.25, -0.2) is 0 Å². The van der Waals surface area contributed by atoms with Gasteiger partial charge in [-0.3, -0.25) is 0 Å². The van der Waals surface area contributed by atoms with Crippen molar-refractivity contribution < 1.29 is 5.11 Å². The normalized spacial score (nSPS) is 30.9. The van der Waals surface area contributed by atoms with Gasteiger partial charge < -0.3 is 5.11 Å². The van der Waals surface area contributed by atoms with Gasteiger partial charge in [0.1, 0.15) is 6.10 Å². The lowest BCUT2D eigenvalue weighted by Gasteiger charge is -2.28. The molecule has 0 saturated carbocycles. The average Bonchev–Trinajstić information content (AvgIpc) is 1.86. The Kier molecular flexibility index (Phi) is 2.25. The Morgan fingerprint density at radius 3 is 2.18 bits per heavy atom. The minimum Gasteiger partial charge on any atom is -0.380 e. The molecule has 0 aromatic carbocycles. The second kappa shape index (κ2) is 2.87. The van der Waals surface area contributed by atoms with Crippen LogP contribution in [0.15, 0.2) is 0 Å². The van der Waals surface area contributed by atoms with E-state index in [9.17, 15) is 0 Å². The van der Waals surface area contributed by atoms with Gasteiger partial charge in [0.05, 0.1) is 0 Å². The van der Waals surface area contributed by atoms with Crippen molar-refractivity contribution in [2.45, 2.75) is 39.7 Å². The molecular weight excluding hydrogens is 136 g/mol. The Hall–Kier alpha value is -0.480. The van der Waals surface area contributed by atoms with Crippen molar-refractivity contribution in [1.29, 1.82) is 0 Å². The Balaban J connectivity index is 2.64. The number of hydrogen-bond donors (Lipinski definition) is 1. The number of aliphatic hydroxyl groups is 1. The second-order valence-electron chi connectivity index (χ2n) is 4.30. The summed E-state index contributed by atoms with van der Waals surface area (Å²) in [7, 11) is 0. The van der Waals surface area contributed by atoms with Crippen LogP contribution in [0.3, 0.4) is 0 Å². The summed E-state index contributed by atoms with van der Waals surface area (Å²) in [4.78, 5) is 0. The third kappa shape index (κ3) is 2.24. The summed E-state index contributed by atoms with van der Waals surface area (Å²) >= 11 is 0. The zero-order valence-corrected chi connectivity index (χ0v) is 7.52. The molecule has 0 bridgehead atoms. The maximum atomic E-state index is 9.12. The number of hydrogen-bond acceptors (Lipinski definition) is 1. The molecule has 1 heteroatoms. The first kappa shape index (κ1) is 8.62. The highest BCUT2D eigenvalue weighted by molar-refractivity contribution is 5.14. The first-order valence-electron chi connectivity index (χ1n) is 4.19. The Morgan fingerprint density at radius 1 is 1.18 bits per heavy atom. The van der Waals surface area contributed by atoms with Crippen LogP contribution in [0.2, 0.25) is 0 Å². The third-order valence-corrected chi connectivity index (χ3v) is 2.20. The topological polar surface area (TPSA) is 20.2 Å². The summed E-state index contributed by atoms with van der Waals surface area (Å²) in [6.07, 6.45) is 1.51. The zero-order valence-electron chi connectivity index (χ0n) is 7.52. The van der Waals surface area contributed by atoms with E-state index >= 15 is 0 Å². The molecule has 11 heavy (non-hydrogen) atoms. The van der Waals surface area contributed by atoms with Gasteiger partial charge in [-0.1, -0.05) is 32.6 Å². The smallest absolute Gasteiger partial charge is 0.114 e. The van der Waals surface area contributed by atoms with Crippen molar-refractivity contribution in [3.63, 3.8) is 0 Å². The van der Waals surface area contributed by atoms with Crippen LogP contribution in [-0.2, 0) is 0 Å². The van der Waals surface area contributed by atoms with Crippen molar-refractivity contribution in [3.05, 3.63) is 0 Å². The lowest BCUT2D eigenvalue weighted by molar-refractivity contribution is 0.184. The molecule has 1 nitrogen and oxygen atoms in total. The van der Waals surface area contributed by atoms with Gasteiger partial charge in [0.15, 0.2) is 0 Å². The molecular formula is C10H16O. The predicted octanol–water partition coefficient (Wildman–Crippen LogP) is 1.81. The van der Waals surface area contributed by atoms with E-state index in [1.54, 1.807) is 0 Å². The zero-order chi connectivity index (χ0) is 8.48. The first-order chi connectivity index (χ1) is 5.00. The van der Waals surface area contributed by atoms with E-state index in [0.29, 0.717) is 5.92 Å². The van der Waals surface area contributed by atoms with Gasteiger partial charge in [-0.05, 0) is 18.3 Å². The molecule has 1 rings (SSSR count). The van der Waals surface area contributed by atoms with Crippen molar-refractivity contribution in [2.24, 2.45) is 11.3 Å². The fourth-order valence-corrected chi connectivity index (χ4v) is 1.32. The minimum absolute atomic E-state index is 0.271. The molecule has 62 valence electrons. The van der Waals surface area contributed by atoms with Crippen molar-refractivity contribution in [2.75, 3.05) is 0 Å². The van der Waals surface area contributed by atoms with E-state index in [1.165, 1.54) is 0 Å². The summed E-state index contributed by atoms with van der Waals surface area (Å²) in [6, 6.07) is 0. The van der Waals surface area contributed by atoms with Crippen LogP contribution in [0.25, 0.3) is 0 Å². The maximum absolute atomic E-state index is 9.12. The maximum Gasteiger partial charge on any atom is 0.114 e. The van der Waals surface area contributed by atoms with E-state index in [-0.39, 0.29) is 11.5 Å². The van der Waals surface area contributed by atoms with Gasteiger partial charge in [-0.2, -0.15) is 0 Å². The highest BCUT2D eigenvalue weighted by Crippen LogP contribution is 2.31. The van der Waals surface area contributed by atoms with Crippen LogP contribution < -0.4 is 0 Å². The van der Waals surface area contributed by atoms with Gasteiger partial charge in [-0.15, -0.1) is 0 Å². The van der Waals surface area contributed by atoms with Crippen LogP contribution in [-0.4, -0.2) is 11.2 Å². The average molecular weight is 152 g/mol. The largest absolute Gasteiger partial charge is 0.380 e. The summed E-state index contributed by atoms with van der Waals surface area (Å²) < 4.78 is 0. The van der Waals surface area contributed by atoms with E-state index in [1.807, 2.05) is 0 Å². The second-order valence-corrected chi connectivity index (χ2v) is 4.30. The first-order valence-corrected chi connectivity index (χ1v) is 4.19. The highest BCUT2D eigenvalue weighted by Gasteiger charge is 2.25. The Morgan fingerprint density at radius 2 is 1.82 bits per heavy atom. The summed E-state index contributed by atoms with van der Waals surface area (Å²) in [6.45, 7) is 6.60. The lowest BCUT2D eigenvalue weighted by Crippen LogP contribution is -2.23. The van der Waals surface area contributed by atoms with Gasteiger partial charge in [0, 0.05) is 5.92 Å². The third-order valence-electron chi connectivity index (χ3n) is 2.20. The van der Waals surface area contributed by atoms with Crippen LogP contribution in [0.5, 0.6) is 0 Å². The van der Waals surface area contributed by atoms with E-state index in [4.69, 9.17) is 5.11 Å². The summed E-state index contributed by atoms with van der Waals surface area (Å²) in [5.74, 6) is 6.42. The van der Waals surface area contributed by atoms with Gasteiger partial charge >= 0.3 is 0 Å². The fraction of sp³-hybridized carbons (Fsp3) is 0.800. The standard InChI is InChI=1S/C10H16O/c1-10(2,3)8-4-6-9(11)7-5-8/h8-9,11H,4,6H2,1-3H3. The SMILES string of the molecule is CC(C)(C)C1C#CC(O)CC1. The molecule has 0 aliphatic heterocycles. The predicted molar refractivity (Wildman–Crippen MR) is 46.0 cm³/mol. The molecule has 0 heterocycles. The van der Waals surface area contributed by atoms with Crippen LogP contribution >= 0.6 is 0 Å². The quantitative estimate of drug-likeness (QED) is 0.525. The van der Waals surface area contributed by atoms with E-state index in [2.05, 4.69) is 32.6 Å². The molecule has 2 unspecified atom stereocenters. The summed E-state index contributed by atoms with van der Waals surface area (Å²) in [5, 5.41) is 9.12. The van der Waals surface area contributed by atoms with Gasteiger partial charge in [0.25, 0.3) is 0 Å². The van der Waals surface area contributed by atoms with Crippen LogP contribution in [0.4, 0.5) is 0 Å².